The van der Waals surface area contributed by atoms with Crippen molar-refractivity contribution < 1.29 is 19.4 Å². The molecule has 0 spiro atoms. The number of amides is 1. The summed E-state index contributed by atoms with van der Waals surface area (Å²) in [5, 5.41) is 10.1. The van der Waals surface area contributed by atoms with Gasteiger partial charge in [0.25, 0.3) is 0 Å². The third-order valence-corrected chi connectivity index (χ3v) is 6.18. The van der Waals surface area contributed by atoms with Gasteiger partial charge in [0.2, 0.25) is 5.91 Å². The summed E-state index contributed by atoms with van der Waals surface area (Å²) in [5.74, 6) is 0.0269. The molecule has 7 nitrogen and oxygen atoms in total. The lowest BCUT2D eigenvalue weighted by molar-refractivity contribution is -0.151. The number of ether oxygens (including phenoxy) is 1. The lowest BCUT2D eigenvalue weighted by atomic mass is 9.75. The second-order valence-corrected chi connectivity index (χ2v) is 7.67. The number of rotatable bonds is 3. The Morgan fingerprint density at radius 1 is 1.31 bits per heavy atom. The number of pyridine rings is 1. The molecule has 0 aromatic carbocycles. The zero-order chi connectivity index (χ0) is 18.1. The van der Waals surface area contributed by atoms with Crippen molar-refractivity contribution in [2.75, 3.05) is 44.3 Å². The van der Waals surface area contributed by atoms with Gasteiger partial charge >= 0.3 is 5.97 Å². The van der Waals surface area contributed by atoms with Crippen LogP contribution in [-0.4, -0.2) is 66.3 Å². The van der Waals surface area contributed by atoms with Crippen molar-refractivity contribution in [3.8, 4) is 0 Å². The molecule has 1 aromatic rings. The van der Waals surface area contributed by atoms with Crippen LogP contribution in [0, 0.1) is 17.3 Å². The Morgan fingerprint density at radius 2 is 2.19 bits per heavy atom. The first-order valence-corrected chi connectivity index (χ1v) is 9.36. The molecule has 7 heteroatoms. The predicted molar refractivity (Wildman–Crippen MR) is 94.7 cm³/mol. The minimum Gasteiger partial charge on any atom is -0.481 e. The number of fused-ring (bicyclic) bond motifs is 1. The molecule has 1 N–H and O–H groups in total. The van der Waals surface area contributed by atoms with Crippen molar-refractivity contribution in [3.05, 3.63) is 24.4 Å². The molecular formula is C19H25N3O4. The third-order valence-electron chi connectivity index (χ3n) is 6.18. The summed E-state index contributed by atoms with van der Waals surface area (Å²) in [4.78, 5) is 33.4. The van der Waals surface area contributed by atoms with E-state index in [1.807, 2.05) is 23.1 Å². The quantitative estimate of drug-likeness (QED) is 0.875. The van der Waals surface area contributed by atoms with Crippen LogP contribution in [0.2, 0.25) is 0 Å². The van der Waals surface area contributed by atoms with E-state index in [1.165, 1.54) is 0 Å². The molecule has 3 fully saturated rings. The SMILES string of the molecule is O=C([C@H]1CCOC1)N1CCC[C@]2(C(=O)O)CN(c3ccccn3)C[C@@H]2C1. The van der Waals surface area contributed by atoms with Gasteiger partial charge in [-0.2, -0.15) is 0 Å². The smallest absolute Gasteiger partial charge is 0.311 e. The van der Waals surface area contributed by atoms with Crippen LogP contribution in [0.25, 0.3) is 0 Å². The Bertz CT molecular complexity index is 677. The van der Waals surface area contributed by atoms with E-state index in [1.54, 1.807) is 6.20 Å². The van der Waals surface area contributed by atoms with Crippen molar-refractivity contribution in [2.24, 2.45) is 17.3 Å². The molecule has 0 unspecified atom stereocenters. The van der Waals surface area contributed by atoms with Crippen molar-refractivity contribution >= 4 is 17.7 Å². The summed E-state index contributed by atoms with van der Waals surface area (Å²) in [6.07, 6.45) is 3.82. The van der Waals surface area contributed by atoms with Gasteiger partial charge in [-0.3, -0.25) is 9.59 Å². The minimum atomic E-state index is -0.807. The number of likely N-dealkylation sites (tertiary alicyclic amines) is 1. The van der Waals surface area contributed by atoms with Crippen molar-refractivity contribution in [2.45, 2.75) is 19.3 Å². The highest BCUT2D eigenvalue weighted by Crippen LogP contribution is 2.44. The molecule has 1 amide bonds. The van der Waals surface area contributed by atoms with Gasteiger partial charge < -0.3 is 19.6 Å². The highest BCUT2D eigenvalue weighted by Gasteiger charge is 2.54. The first kappa shape index (κ1) is 17.3. The average molecular weight is 359 g/mol. The first-order chi connectivity index (χ1) is 12.6. The van der Waals surface area contributed by atoms with Gasteiger partial charge in [0.1, 0.15) is 5.82 Å². The number of hydrogen-bond acceptors (Lipinski definition) is 5. The van der Waals surface area contributed by atoms with Gasteiger partial charge in [0.15, 0.2) is 0 Å². The number of carboxylic acids is 1. The molecule has 0 saturated carbocycles. The number of hydrogen-bond donors (Lipinski definition) is 1. The van der Waals surface area contributed by atoms with Crippen LogP contribution in [0.5, 0.6) is 0 Å². The fourth-order valence-corrected chi connectivity index (χ4v) is 4.69. The largest absolute Gasteiger partial charge is 0.481 e. The van der Waals surface area contributed by atoms with E-state index in [9.17, 15) is 14.7 Å². The molecule has 4 heterocycles. The summed E-state index contributed by atoms with van der Waals surface area (Å²) >= 11 is 0. The molecule has 0 aliphatic carbocycles. The van der Waals surface area contributed by atoms with E-state index in [0.717, 1.165) is 18.7 Å². The number of carbonyl (C=O) groups is 2. The van der Waals surface area contributed by atoms with Crippen LogP contribution in [0.1, 0.15) is 19.3 Å². The van der Waals surface area contributed by atoms with Gasteiger partial charge in [-0.25, -0.2) is 4.98 Å². The molecule has 4 rings (SSSR count). The Balaban J connectivity index is 1.56. The van der Waals surface area contributed by atoms with E-state index < -0.39 is 11.4 Å². The normalized spacial score (nSPS) is 31.5. The van der Waals surface area contributed by atoms with E-state index >= 15 is 0 Å². The maximum atomic E-state index is 12.8. The molecule has 3 saturated heterocycles. The van der Waals surface area contributed by atoms with E-state index in [2.05, 4.69) is 9.88 Å². The Hall–Kier alpha value is -2.15. The highest BCUT2D eigenvalue weighted by atomic mass is 16.5. The summed E-state index contributed by atoms with van der Waals surface area (Å²) in [6.45, 7) is 3.35. The van der Waals surface area contributed by atoms with Crippen molar-refractivity contribution in [1.82, 2.24) is 9.88 Å². The van der Waals surface area contributed by atoms with Crippen molar-refractivity contribution in [3.63, 3.8) is 0 Å². The number of carbonyl (C=O) groups excluding carboxylic acids is 1. The predicted octanol–water partition coefficient (Wildman–Crippen LogP) is 1.25. The Kier molecular flexibility index (Phi) is 4.56. The molecule has 3 aliphatic rings. The zero-order valence-electron chi connectivity index (χ0n) is 14.8. The standard InChI is InChI=1S/C19H25N3O4/c23-17(14-5-9-26-12-14)21-8-3-6-19(18(24)25)13-22(11-15(19)10-21)16-4-1-2-7-20-16/h1-2,4,7,14-15H,3,5-6,8-13H2,(H,24,25)/t14-,15-,19-/m0/s1. The van der Waals surface area contributed by atoms with Crippen LogP contribution in [-0.2, 0) is 14.3 Å². The van der Waals surface area contributed by atoms with E-state index in [0.29, 0.717) is 45.8 Å². The lowest BCUT2D eigenvalue weighted by Gasteiger charge is -2.30. The van der Waals surface area contributed by atoms with Crippen LogP contribution in [0.3, 0.4) is 0 Å². The maximum absolute atomic E-state index is 12.8. The lowest BCUT2D eigenvalue weighted by Crippen LogP contribution is -2.44. The van der Waals surface area contributed by atoms with Gasteiger partial charge in [-0.1, -0.05) is 6.07 Å². The van der Waals surface area contributed by atoms with Crippen LogP contribution >= 0.6 is 0 Å². The average Bonchev–Trinajstić information content (AvgIpc) is 3.27. The number of aromatic nitrogens is 1. The fraction of sp³-hybridized carbons (Fsp3) is 0.632. The maximum Gasteiger partial charge on any atom is 0.311 e. The number of anilines is 1. The molecule has 26 heavy (non-hydrogen) atoms. The van der Waals surface area contributed by atoms with Crippen LogP contribution in [0.15, 0.2) is 24.4 Å². The van der Waals surface area contributed by atoms with Crippen LogP contribution < -0.4 is 4.90 Å². The molecule has 3 atom stereocenters. The number of carboxylic acid groups (broad SMARTS) is 1. The molecule has 0 radical (unpaired) electrons. The molecule has 0 bridgehead atoms. The monoisotopic (exact) mass is 359 g/mol. The molecule has 140 valence electrons. The van der Waals surface area contributed by atoms with Gasteiger partial charge in [-0.05, 0) is 31.4 Å². The second kappa shape index (κ2) is 6.87. The molecular weight excluding hydrogens is 334 g/mol. The second-order valence-electron chi connectivity index (χ2n) is 7.67. The molecule has 3 aliphatic heterocycles. The van der Waals surface area contributed by atoms with Gasteiger partial charge in [0.05, 0.1) is 17.9 Å². The first-order valence-electron chi connectivity index (χ1n) is 9.36. The molecule has 1 aromatic heterocycles. The van der Waals surface area contributed by atoms with Gasteiger partial charge in [-0.15, -0.1) is 0 Å². The fourth-order valence-electron chi connectivity index (χ4n) is 4.69. The van der Waals surface area contributed by atoms with Gasteiger partial charge in [0, 0.05) is 44.9 Å². The summed E-state index contributed by atoms with van der Waals surface area (Å²) in [6, 6.07) is 5.69. The summed E-state index contributed by atoms with van der Waals surface area (Å²) in [5.41, 5.74) is -0.807. The summed E-state index contributed by atoms with van der Waals surface area (Å²) in [7, 11) is 0. The number of nitrogens with zero attached hydrogens (tertiary/aromatic N) is 3. The van der Waals surface area contributed by atoms with Crippen LogP contribution in [0.4, 0.5) is 5.82 Å². The van der Waals surface area contributed by atoms with Crippen molar-refractivity contribution in [1.29, 1.82) is 0 Å². The Labute approximate surface area is 152 Å². The van der Waals surface area contributed by atoms with E-state index in [-0.39, 0.29) is 17.7 Å². The summed E-state index contributed by atoms with van der Waals surface area (Å²) < 4.78 is 5.36. The topological polar surface area (TPSA) is 83.0 Å². The number of aliphatic carboxylic acids is 1. The minimum absolute atomic E-state index is 0.0689. The highest BCUT2D eigenvalue weighted by molar-refractivity contribution is 5.80. The zero-order valence-corrected chi connectivity index (χ0v) is 14.8. The van der Waals surface area contributed by atoms with E-state index in [4.69, 9.17) is 4.74 Å². The third kappa shape index (κ3) is 2.94. The Morgan fingerprint density at radius 3 is 2.88 bits per heavy atom.